The number of anilines is 1. The highest BCUT2D eigenvalue weighted by Gasteiger charge is 2.21. The Morgan fingerprint density at radius 1 is 1.23 bits per heavy atom. The van der Waals surface area contributed by atoms with Gasteiger partial charge >= 0.3 is 0 Å². The highest BCUT2D eigenvalue weighted by molar-refractivity contribution is 14.0. The first kappa shape index (κ1) is 23.7. The van der Waals surface area contributed by atoms with Gasteiger partial charge in [0.1, 0.15) is 12.4 Å². The Kier molecular flexibility index (Phi) is 8.50. The van der Waals surface area contributed by atoms with E-state index in [4.69, 9.17) is 16.6 Å². The van der Waals surface area contributed by atoms with Crippen LogP contribution in [0.1, 0.15) is 16.5 Å². The number of guanidine groups is 1. The molecule has 1 saturated heterocycles. The molecule has 0 radical (unpaired) electrons. The maximum Gasteiger partial charge on any atom is 0.194 e. The average molecular weight is 573 g/mol. The highest BCUT2D eigenvalue weighted by Crippen LogP contribution is 2.25. The maximum absolute atomic E-state index is 6.33. The molecule has 4 rings (SSSR count). The standard InChI is InChI=1S/C20H25ClN8S.HI/c1-15-25-26-19(27(15)2)14-24-20(23-12-16-4-3-11-30-16)29-9-7-28(8-10-29)18-5-6-22-13-17(18)21;/h3-6,11,13H,7-10,12,14H2,1-2H3,(H,23,24);1H. The highest BCUT2D eigenvalue weighted by atomic mass is 127. The molecule has 0 atom stereocenters. The van der Waals surface area contributed by atoms with Crippen LogP contribution in [0.2, 0.25) is 5.02 Å². The van der Waals surface area contributed by atoms with E-state index >= 15 is 0 Å². The van der Waals surface area contributed by atoms with E-state index in [0.717, 1.165) is 56.0 Å². The lowest BCUT2D eigenvalue weighted by atomic mass is 10.2. The Morgan fingerprint density at radius 2 is 2.03 bits per heavy atom. The van der Waals surface area contributed by atoms with Crippen molar-refractivity contribution in [2.45, 2.75) is 20.0 Å². The summed E-state index contributed by atoms with van der Waals surface area (Å²) in [6, 6.07) is 6.17. The predicted molar refractivity (Wildman–Crippen MR) is 136 cm³/mol. The third-order valence-corrected chi connectivity index (χ3v) is 6.39. The van der Waals surface area contributed by atoms with Crippen molar-refractivity contribution in [3.8, 4) is 0 Å². The van der Waals surface area contributed by atoms with Crippen molar-refractivity contribution in [3.05, 3.63) is 57.5 Å². The van der Waals surface area contributed by atoms with Gasteiger partial charge in [0.05, 0.1) is 17.3 Å². The molecule has 0 aliphatic carbocycles. The SMILES string of the molecule is Cc1nnc(CN=C(NCc2cccs2)N2CCN(c3ccncc3Cl)CC2)n1C.I. The fraction of sp³-hybridized carbons (Fsp3) is 0.400. The van der Waals surface area contributed by atoms with Crippen LogP contribution in [0.4, 0.5) is 5.69 Å². The number of hydrogen-bond acceptors (Lipinski definition) is 6. The van der Waals surface area contributed by atoms with Gasteiger partial charge in [-0.25, -0.2) is 4.99 Å². The zero-order valence-electron chi connectivity index (χ0n) is 17.5. The predicted octanol–water partition coefficient (Wildman–Crippen LogP) is 3.32. The van der Waals surface area contributed by atoms with Crippen LogP contribution in [-0.4, -0.2) is 56.8 Å². The van der Waals surface area contributed by atoms with Gasteiger partial charge in [0.15, 0.2) is 11.8 Å². The smallest absolute Gasteiger partial charge is 0.194 e. The van der Waals surface area contributed by atoms with Crippen LogP contribution < -0.4 is 10.2 Å². The maximum atomic E-state index is 6.33. The number of halogens is 2. The molecule has 1 fully saturated rings. The quantitative estimate of drug-likeness (QED) is 0.287. The summed E-state index contributed by atoms with van der Waals surface area (Å²) in [5, 5.41) is 14.7. The van der Waals surface area contributed by atoms with Crippen LogP contribution >= 0.6 is 46.9 Å². The minimum absolute atomic E-state index is 0. The van der Waals surface area contributed by atoms with Gasteiger partial charge in [-0.1, -0.05) is 17.7 Å². The van der Waals surface area contributed by atoms with E-state index in [9.17, 15) is 0 Å². The van der Waals surface area contributed by atoms with Gasteiger partial charge in [0.25, 0.3) is 0 Å². The number of thiophene rings is 1. The Balaban J connectivity index is 0.00000272. The minimum Gasteiger partial charge on any atom is -0.367 e. The Labute approximate surface area is 208 Å². The number of aliphatic imine (C=N–C) groups is 1. The summed E-state index contributed by atoms with van der Waals surface area (Å²) in [6.45, 7) is 6.63. The molecule has 1 N–H and O–H groups in total. The molecule has 0 amide bonds. The van der Waals surface area contributed by atoms with Crippen molar-refractivity contribution in [1.82, 2.24) is 30.0 Å². The van der Waals surface area contributed by atoms with Crippen molar-refractivity contribution < 1.29 is 0 Å². The van der Waals surface area contributed by atoms with E-state index < -0.39 is 0 Å². The fourth-order valence-electron chi connectivity index (χ4n) is 3.36. The molecular formula is C20H26ClIN8S. The molecule has 11 heteroatoms. The first-order valence-corrected chi connectivity index (χ1v) is 11.1. The van der Waals surface area contributed by atoms with Crippen LogP contribution in [0.15, 0.2) is 41.0 Å². The van der Waals surface area contributed by atoms with E-state index in [0.29, 0.717) is 11.6 Å². The van der Waals surface area contributed by atoms with Gasteiger partial charge in [-0.2, -0.15) is 0 Å². The molecule has 0 bridgehead atoms. The van der Waals surface area contributed by atoms with Gasteiger partial charge < -0.3 is 19.7 Å². The lowest BCUT2D eigenvalue weighted by molar-refractivity contribution is 0.371. The van der Waals surface area contributed by atoms with Gasteiger partial charge in [-0.3, -0.25) is 4.98 Å². The molecule has 4 heterocycles. The number of hydrogen-bond donors (Lipinski definition) is 1. The first-order chi connectivity index (χ1) is 14.6. The molecule has 1 aliphatic rings. The summed E-state index contributed by atoms with van der Waals surface area (Å²) in [6.07, 6.45) is 3.48. The zero-order valence-corrected chi connectivity index (χ0v) is 21.4. The van der Waals surface area contributed by atoms with Crippen molar-refractivity contribution in [2.24, 2.45) is 12.0 Å². The molecule has 8 nitrogen and oxygen atoms in total. The summed E-state index contributed by atoms with van der Waals surface area (Å²) in [7, 11) is 1.97. The number of aryl methyl sites for hydroxylation is 1. The average Bonchev–Trinajstić information content (AvgIpc) is 3.40. The summed E-state index contributed by atoms with van der Waals surface area (Å²) in [5.74, 6) is 2.63. The summed E-state index contributed by atoms with van der Waals surface area (Å²) in [5.41, 5.74) is 1.03. The Morgan fingerprint density at radius 3 is 2.68 bits per heavy atom. The van der Waals surface area contributed by atoms with Crippen LogP contribution in [0.3, 0.4) is 0 Å². The third kappa shape index (κ3) is 5.86. The molecular weight excluding hydrogens is 547 g/mol. The Hall–Kier alpha value is -1.92. The number of aromatic nitrogens is 4. The van der Waals surface area contributed by atoms with E-state index in [1.807, 2.05) is 24.6 Å². The van der Waals surface area contributed by atoms with Gasteiger partial charge in [0.2, 0.25) is 0 Å². The number of piperazine rings is 1. The molecule has 3 aromatic rings. The van der Waals surface area contributed by atoms with Crippen molar-refractivity contribution in [3.63, 3.8) is 0 Å². The number of nitrogens with one attached hydrogen (secondary N) is 1. The van der Waals surface area contributed by atoms with Crippen LogP contribution in [0.5, 0.6) is 0 Å². The van der Waals surface area contributed by atoms with Gasteiger partial charge in [0, 0.05) is 50.5 Å². The van der Waals surface area contributed by atoms with Crippen molar-refractivity contribution in [2.75, 3.05) is 31.1 Å². The summed E-state index contributed by atoms with van der Waals surface area (Å²) >= 11 is 8.07. The van der Waals surface area contributed by atoms with E-state index in [1.54, 1.807) is 23.7 Å². The molecule has 3 aromatic heterocycles. The molecule has 31 heavy (non-hydrogen) atoms. The van der Waals surface area contributed by atoms with Crippen LogP contribution in [0, 0.1) is 6.92 Å². The van der Waals surface area contributed by atoms with E-state index in [2.05, 4.69) is 47.8 Å². The molecule has 0 saturated carbocycles. The van der Waals surface area contributed by atoms with Crippen molar-refractivity contribution in [1.29, 1.82) is 0 Å². The topological polar surface area (TPSA) is 74.5 Å². The molecule has 1 aliphatic heterocycles. The van der Waals surface area contributed by atoms with Crippen LogP contribution in [-0.2, 0) is 20.1 Å². The lowest BCUT2D eigenvalue weighted by Crippen LogP contribution is -2.52. The second-order valence-electron chi connectivity index (χ2n) is 7.10. The zero-order chi connectivity index (χ0) is 20.9. The van der Waals surface area contributed by atoms with Gasteiger partial charge in [-0.05, 0) is 24.4 Å². The molecule has 0 spiro atoms. The lowest BCUT2D eigenvalue weighted by Gasteiger charge is -2.38. The third-order valence-electron chi connectivity index (χ3n) is 5.22. The normalized spacial score (nSPS) is 14.5. The first-order valence-electron chi connectivity index (χ1n) is 9.87. The largest absolute Gasteiger partial charge is 0.367 e. The Bertz CT molecular complexity index is 999. The van der Waals surface area contributed by atoms with Crippen LogP contribution in [0.25, 0.3) is 0 Å². The number of rotatable bonds is 5. The van der Waals surface area contributed by atoms with E-state index in [-0.39, 0.29) is 24.0 Å². The summed E-state index contributed by atoms with van der Waals surface area (Å²) < 4.78 is 1.98. The van der Waals surface area contributed by atoms with Crippen molar-refractivity contribution >= 4 is 58.6 Å². The minimum atomic E-state index is 0. The molecule has 166 valence electrons. The number of pyridine rings is 1. The second kappa shape index (κ2) is 11.1. The molecule has 0 unspecified atom stereocenters. The van der Waals surface area contributed by atoms with E-state index in [1.165, 1.54) is 4.88 Å². The fourth-order valence-corrected chi connectivity index (χ4v) is 4.25. The molecule has 0 aromatic carbocycles. The summed E-state index contributed by atoms with van der Waals surface area (Å²) in [4.78, 5) is 14.8. The second-order valence-corrected chi connectivity index (χ2v) is 8.54. The van der Waals surface area contributed by atoms with Gasteiger partial charge in [-0.15, -0.1) is 45.5 Å². The number of nitrogens with zero attached hydrogens (tertiary/aromatic N) is 7. The monoisotopic (exact) mass is 572 g/mol.